The zero-order chi connectivity index (χ0) is 16.4. The van der Waals surface area contributed by atoms with E-state index in [-0.39, 0.29) is 0 Å². The Morgan fingerprint density at radius 3 is 2.48 bits per heavy atom. The molecule has 1 unspecified atom stereocenters. The maximum atomic E-state index is 12.6. The van der Waals surface area contributed by atoms with Crippen LogP contribution in [0.1, 0.15) is 16.8 Å². The number of carboxylic acid groups (broad SMARTS) is 1. The first-order chi connectivity index (χ1) is 11.1. The number of aromatic nitrogens is 2. The number of pyridine rings is 1. The predicted octanol–water partition coefficient (Wildman–Crippen LogP) is 2.02. The van der Waals surface area contributed by atoms with E-state index in [4.69, 9.17) is 5.11 Å². The molecule has 0 aliphatic rings. The van der Waals surface area contributed by atoms with E-state index in [0.717, 1.165) is 5.56 Å². The smallest absolute Gasteiger partial charge is 0.332 e. The average Bonchev–Trinajstić information content (AvgIpc) is 2.95. The number of hydrogen-bond donors (Lipinski definition) is 2. The molecular weight excluding hydrogens is 296 g/mol. The van der Waals surface area contributed by atoms with Gasteiger partial charge in [-0.25, -0.2) is 9.31 Å². The third-order valence-electron chi connectivity index (χ3n) is 3.53. The van der Waals surface area contributed by atoms with Crippen molar-refractivity contribution < 1.29 is 19.8 Å². The van der Waals surface area contributed by atoms with Crippen LogP contribution in [0.25, 0.3) is 16.8 Å². The van der Waals surface area contributed by atoms with Gasteiger partial charge in [0.25, 0.3) is 0 Å². The lowest BCUT2D eigenvalue weighted by molar-refractivity contribution is -0.146. The summed E-state index contributed by atoms with van der Waals surface area (Å²) in [5.74, 6) is -1.88. The molecule has 1 atom stereocenters. The molecule has 0 fully saturated rings. The topological polar surface area (TPSA) is 91.9 Å². The first-order valence-corrected chi connectivity index (χ1v) is 7.05. The van der Waals surface area contributed by atoms with Gasteiger partial charge < -0.3 is 10.2 Å². The van der Waals surface area contributed by atoms with Gasteiger partial charge >= 0.3 is 5.97 Å². The van der Waals surface area contributed by atoms with Gasteiger partial charge in [0.1, 0.15) is 5.69 Å². The van der Waals surface area contributed by atoms with Gasteiger partial charge in [0.15, 0.2) is 11.9 Å². The number of aliphatic hydroxyl groups excluding tert-OH is 1. The number of ketones is 1. The molecule has 6 heteroatoms. The fourth-order valence-corrected chi connectivity index (χ4v) is 2.44. The Hall–Kier alpha value is -2.99. The van der Waals surface area contributed by atoms with E-state index in [9.17, 15) is 14.7 Å². The molecule has 0 bridgehead atoms. The van der Waals surface area contributed by atoms with Crippen molar-refractivity contribution in [3.8, 4) is 11.3 Å². The van der Waals surface area contributed by atoms with E-state index < -0.39 is 24.3 Å². The van der Waals surface area contributed by atoms with Gasteiger partial charge in [-0.15, -0.1) is 0 Å². The Balaban J connectivity index is 2.14. The number of carboxylic acids is 1. The molecule has 0 aliphatic heterocycles. The van der Waals surface area contributed by atoms with Crippen molar-refractivity contribution in [2.24, 2.45) is 0 Å². The highest BCUT2D eigenvalue weighted by atomic mass is 16.4. The number of hydrogen-bond acceptors (Lipinski definition) is 4. The number of carbonyl (C=O) groups excluding carboxylic acids is 1. The van der Waals surface area contributed by atoms with Crippen LogP contribution in [-0.4, -0.2) is 37.7 Å². The maximum absolute atomic E-state index is 12.6. The highest BCUT2D eigenvalue weighted by Crippen LogP contribution is 2.27. The number of carbonyl (C=O) groups is 2. The van der Waals surface area contributed by atoms with Crippen LogP contribution in [0.2, 0.25) is 0 Å². The largest absolute Gasteiger partial charge is 0.479 e. The number of fused-ring (bicyclic) bond motifs is 1. The summed E-state index contributed by atoms with van der Waals surface area (Å²) in [4.78, 5) is 23.4. The molecule has 116 valence electrons. The second-order valence-electron chi connectivity index (χ2n) is 5.10. The molecule has 2 N–H and O–H groups in total. The van der Waals surface area contributed by atoms with Crippen LogP contribution in [-0.2, 0) is 4.79 Å². The standard InChI is InChI=1S/C17H14N2O4/c20-13(10-14(21)17(22)23)15-12-8-4-5-9-19(12)18-16(15)11-6-2-1-3-7-11/h1-9,14,21H,10H2,(H,22,23). The van der Waals surface area contributed by atoms with Crippen molar-refractivity contribution in [1.82, 2.24) is 9.61 Å². The number of nitrogens with zero attached hydrogens (tertiary/aromatic N) is 2. The van der Waals surface area contributed by atoms with Crippen LogP contribution in [0.3, 0.4) is 0 Å². The zero-order valence-electron chi connectivity index (χ0n) is 12.1. The quantitative estimate of drug-likeness (QED) is 0.703. The maximum Gasteiger partial charge on any atom is 0.332 e. The van der Waals surface area contributed by atoms with Crippen LogP contribution >= 0.6 is 0 Å². The summed E-state index contributed by atoms with van der Waals surface area (Å²) in [5, 5.41) is 22.7. The summed E-state index contributed by atoms with van der Waals surface area (Å²) in [7, 11) is 0. The number of rotatable bonds is 5. The van der Waals surface area contributed by atoms with E-state index in [1.165, 1.54) is 0 Å². The van der Waals surface area contributed by atoms with Gasteiger partial charge in [0, 0.05) is 18.2 Å². The number of Topliss-reactive ketones (excluding diaryl/α,β-unsaturated/α-hetero) is 1. The lowest BCUT2D eigenvalue weighted by atomic mass is 10.00. The van der Waals surface area contributed by atoms with Crippen LogP contribution < -0.4 is 0 Å². The summed E-state index contributed by atoms with van der Waals surface area (Å²) in [6, 6.07) is 14.5. The van der Waals surface area contributed by atoms with Crippen LogP contribution in [0.5, 0.6) is 0 Å². The third-order valence-corrected chi connectivity index (χ3v) is 3.53. The predicted molar refractivity (Wildman–Crippen MR) is 83.2 cm³/mol. The van der Waals surface area contributed by atoms with Crippen molar-refractivity contribution in [2.75, 3.05) is 0 Å². The summed E-state index contributed by atoms with van der Waals surface area (Å²) in [6.45, 7) is 0. The Labute approximate surface area is 131 Å². The van der Waals surface area contributed by atoms with Crippen LogP contribution in [0, 0.1) is 0 Å². The van der Waals surface area contributed by atoms with Gasteiger partial charge in [-0.05, 0) is 12.1 Å². The molecule has 0 aliphatic carbocycles. The highest BCUT2D eigenvalue weighted by molar-refractivity contribution is 6.08. The van der Waals surface area contributed by atoms with Crippen molar-refractivity contribution in [3.63, 3.8) is 0 Å². The molecule has 6 nitrogen and oxygen atoms in total. The minimum absolute atomic E-state index is 0.317. The van der Waals surface area contributed by atoms with Gasteiger partial charge in [0.2, 0.25) is 0 Å². The Bertz CT molecular complexity index is 871. The van der Waals surface area contributed by atoms with E-state index in [1.807, 2.05) is 30.3 Å². The molecule has 3 rings (SSSR count). The average molecular weight is 310 g/mol. The van der Waals surface area contributed by atoms with Crippen molar-refractivity contribution in [2.45, 2.75) is 12.5 Å². The molecule has 1 aromatic carbocycles. The molecule has 3 aromatic rings. The van der Waals surface area contributed by atoms with Crippen molar-refractivity contribution in [1.29, 1.82) is 0 Å². The molecule has 2 aromatic heterocycles. The summed E-state index contributed by atoms with van der Waals surface area (Å²) in [5.41, 5.74) is 2.12. The molecule has 0 saturated carbocycles. The highest BCUT2D eigenvalue weighted by Gasteiger charge is 2.25. The Kier molecular flexibility index (Phi) is 3.91. The SMILES string of the molecule is O=C(CC(O)C(=O)O)c1c(-c2ccccc2)nn2ccccc12. The fourth-order valence-electron chi connectivity index (χ4n) is 2.44. The molecule has 0 radical (unpaired) electrons. The zero-order valence-corrected chi connectivity index (χ0v) is 12.1. The monoisotopic (exact) mass is 310 g/mol. The molecule has 2 heterocycles. The molecular formula is C17H14N2O4. The summed E-state index contributed by atoms with van der Waals surface area (Å²) >= 11 is 0. The minimum atomic E-state index is -1.73. The summed E-state index contributed by atoms with van der Waals surface area (Å²) < 4.78 is 1.57. The van der Waals surface area contributed by atoms with Gasteiger partial charge in [-0.2, -0.15) is 5.10 Å². The lowest BCUT2D eigenvalue weighted by Gasteiger charge is -2.05. The minimum Gasteiger partial charge on any atom is -0.479 e. The third kappa shape index (κ3) is 2.84. The van der Waals surface area contributed by atoms with Gasteiger partial charge in [-0.3, -0.25) is 4.79 Å². The lowest BCUT2D eigenvalue weighted by Crippen LogP contribution is -2.23. The van der Waals surface area contributed by atoms with E-state index in [1.54, 1.807) is 28.9 Å². The van der Waals surface area contributed by atoms with Gasteiger partial charge in [-0.1, -0.05) is 36.4 Å². The van der Waals surface area contributed by atoms with Crippen LogP contribution in [0.4, 0.5) is 0 Å². The first kappa shape index (κ1) is 14.9. The number of aliphatic carboxylic acids is 1. The van der Waals surface area contributed by atoms with E-state index in [2.05, 4.69) is 5.10 Å². The molecule has 0 saturated heterocycles. The van der Waals surface area contributed by atoms with E-state index in [0.29, 0.717) is 16.8 Å². The first-order valence-electron chi connectivity index (χ1n) is 7.05. The van der Waals surface area contributed by atoms with Crippen molar-refractivity contribution >= 4 is 17.3 Å². The van der Waals surface area contributed by atoms with E-state index >= 15 is 0 Å². The normalized spacial score (nSPS) is 12.2. The Morgan fingerprint density at radius 2 is 1.78 bits per heavy atom. The number of benzene rings is 1. The Morgan fingerprint density at radius 1 is 1.09 bits per heavy atom. The molecule has 23 heavy (non-hydrogen) atoms. The van der Waals surface area contributed by atoms with Gasteiger partial charge in [0.05, 0.1) is 11.1 Å². The second-order valence-corrected chi connectivity index (χ2v) is 5.10. The van der Waals surface area contributed by atoms with Crippen LogP contribution in [0.15, 0.2) is 54.7 Å². The molecule has 0 spiro atoms. The fraction of sp³-hybridized carbons (Fsp3) is 0.118. The summed E-state index contributed by atoms with van der Waals surface area (Å²) in [6.07, 6.45) is -0.512. The molecule has 0 amide bonds. The second kappa shape index (κ2) is 6.02. The number of aliphatic hydroxyl groups is 1. The van der Waals surface area contributed by atoms with Crippen molar-refractivity contribution in [3.05, 3.63) is 60.3 Å².